The van der Waals surface area contributed by atoms with Crippen molar-refractivity contribution in [2.45, 2.75) is 20.0 Å². The van der Waals surface area contributed by atoms with Crippen LogP contribution in [-0.4, -0.2) is 49.8 Å². The number of ether oxygens (including phenoxy) is 2. The third kappa shape index (κ3) is 5.70. The molecule has 2 rings (SSSR count). The van der Waals surface area contributed by atoms with Gasteiger partial charge in [0.25, 0.3) is 0 Å². The predicted molar refractivity (Wildman–Crippen MR) is 95.6 cm³/mol. The molecule has 1 aromatic carbocycles. The van der Waals surface area contributed by atoms with Gasteiger partial charge in [0.05, 0.1) is 19.8 Å². The van der Waals surface area contributed by atoms with E-state index in [-0.39, 0.29) is 30.1 Å². The first-order valence-corrected chi connectivity index (χ1v) is 7.01. The van der Waals surface area contributed by atoms with Gasteiger partial charge in [0.2, 0.25) is 0 Å². The molecule has 1 unspecified atom stereocenters. The van der Waals surface area contributed by atoms with Gasteiger partial charge < -0.3 is 20.1 Å². The quantitative estimate of drug-likeness (QED) is 0.473. The summed E-state index contributed by atoms with van der Waals surface area (Å²) in [6.45, 7) is 7.63. The number of para-hydroxylation sites is 1. The first-order valence-electron chi connectivity index (χ1n) is 7.01. The summed E-state index contributed by atoms with van der Waals surface area (Å²) >= 11 is 0. The molecule has 118 valence electrons. The predicted octanol–water partition coefficient (Wildman–Crippen LogP) is 2.03. The Hall–Kier alpha value is -1.02. The van der Waals surface area contributed by atoms with E-state index >= 15 is 0 Å². The summed E-state index contributed by atoms with van der Waals surface area (Å²) in [6, 6.07) is 7.98. The van der Waals surface area contributed by atoms with Crippen LogP contribution in [0.15, 0.2) is 29.3 Å². The standard InChI is InChI=1S/C15H23N3O2.HI/c1-12-5-3-4-6-14(12)20-13(2)11-17-15(16)18-7-9-19-10-8-18;/h3-6,13H,7-11H2,1-2H3,(H2,16,17);1H. The fourth-order valence-corrected chi connectivity index (χ4v) is 2.06. The number of benzene rings is 1. The Balaban J connectivity index is 0.00000220. The first kappa shape index (κ1) is 18.0. The third-order valence-corrected chi connectivity index (χ3v) is 3.27. The fourth-order valence-electron chi connectivity index (χ4n) is 2.06. The topological polar surface area (TPSA) is 60.1 Å². The van der Waals surface area contributed by atoms with Gasteiger partial charge in [-0.05, 0) is 25.5 Å². The van der Waals surface area contributed by atoms with Crippen LogP contribution in [0, 0.1) is 6.92 Å². The third-order valence-electron chi connectivity index (χ3n) is 3.27. The van der Waals surface area contributed by atoms with Crippen molar-refractivity contribution < 1.29 is 9.47 Å². The van der Waals surface area contributed by atoms with Crippen molar-refractivity contribution >= 4 is 29.9 Å². The van der Waals surface area contributed by atoms with Gasteiger partial charge in [-0.2, -0.15) is 0 Å². The summed E-state index contributed by atoms with van der Waals surface area (Å²) in [6.07, 6.45) is -0.00399. The van der Waals surface area contributed by atoms with E-state index in [0.29, 0.717) is 25.7 Å². The second-order valence-corrected chi connectivity index (χ2v) is 4.99. The molecule has 5 nitrogen and oxygen atoms in total. The molecule has 1 aliphatic rings. The van der Waals surface area contributed by atoms with Crippen LogP contribution in [-0.2, 0) is 4.74 Å². The summed E-state index contributed by atoms with van der Waals surface area (Å²) < 4.78 is 11.2. The summed E-state index contributed by atoms with van der Waals surface area (Å²) in [4.78, 5) is 6.46. The molecule has 0 aromatic heterocycles. The molecule has 1 saturated heterocycles. The van der Waals surface area contributed by atoms with Gasteiger partial charge in [0.1, 0.15) is 11.9 Å². The molecule has 1 aromatic rings. The van der Waals surface area contributed by atoms with Crippen LogP contribution >= 0.6 is 24.0 Å². The number of nitrogens with zero attached hydrogens (tertiary/aromatic N) is 2. The van der Waals surface area contributed by atoms with Gasteiger partial charge in [-0.15, -0.1) is 24.0 Å². The number of guanidine groups is 1. The Morgan fingerprint density at radius 1 is 1.38 bits per heavy atom. The monoisotopic (exact) mass is 405 g/mol. The van der Waals surface area contributed by atoms with E-state index in [4.69, 9.17) is 15.2 Å². The maximum atomic E-state index is 5.98. The van der Waals surface area contributed by atoms with E-state index < -0.39 is 0 Å². The Morgan fingerprint density at radius 2 is 2.05 bits per heavy atom. The molecule has 1 atom stereocenters. The SMILES string of the molecule is Cc1ccccc1OC(C)CN=C(N)N1CCOCC1.I. The second kappa shape index (κ2) is 9.09. The Bertz CT molecular complexity index is 462. The first-order chi connectivity index (χ1) is 9.66. The number of nitrogens with two attached hydrogens (primary N) is 1. The number of hydrogen-bond acceptors (Lipinski definition) is 3. The maximum absolute atomic E-state index is 5.98. The highest BCUT2D eigenvalue weighted by atomic mass is 127. The van der Waals surface area contributed by atoms with Gasteiger partial charge in [-0.3, -0.25) is 0 Å². The summed E-state index contributed by atoms with van der Waals surface area (Å²) in [5, 5.41) is 0. The zero-order chi connectivity index (χ0) is 14.4. The fraction of sp³-hybridized carbons (Fsp3) is 0.533. The van der Waals surface area contributed by atoms with Crippen LogP contribution in [0.4, 0.5) is 0 Å². The molecule has 0 saturated carbocycles. The Labute approximate surface area is 143 Å². The van der Waals surface area contributed by atoms with E-state index in [1.165, 1.54) is 0 Å². The number of rotatable bonds is 4. The molecule has 0 spiro atoms. The number of aliphatic imine (C=N–C) groups is 1. The molecular formula is C15H24IN3O2. The molecule has 6 heteroatoms. The Kier molecular flexibility index (Phi) is 7.81. The van der Waals surface area contributed by atoms with Crippen molar-refractivity contribution in [1.82, 2.24) is 4.90 Å². The van der Waals surface area contributed by atoms with Crippen molar-refractivity contribution in [3.63, 3.8) is 0 Å². The van der Waals surface area contributed by atoms with Crippen molar-refractivity contribution in [2.24, 2.45) is 10.7 Å². The van der Waals surface area contributed by atoms with Gasteiger partial charge >= 0.3 is 0 Å². The highest BCUT2D eigenvalue weighted by molar-refractivity contribution is 14.0. The second-order valence-electron chi connectivity index (χ2n) is 4.99. The maximum Gasteiger partial charge on any atom is 0.191 e. The average molecular weight is 405 g/mol. The van der Waals surface area contributed by atoms with E-state index in [1.54, 1.807) is 0 Å². The number of morpholine rings is 1. The highest BCUT2D eigenvalue weighted by Gasteiger charge is 2.13. The van der Waals surface area contributed by atoms with Crippen molar-refractivity contribution in [3.05, 3.63) is 29.8 Å². The normalized spacial score (nSPS) is 17.0. The lowest BCUT2D eigenvalue weighted by atomic mass is 10.2. The number of halogens is 1. The molecule has 21 heavy (non-hydrogen) atoms. The number of aryl methyl sites for hydroxylation is 1. The minimum atomic E-state index is -0.00399. The van der Waals surface area contributed by atoms with Crippen LogP contribution in [0.25, 0.3) is 0 Å². The van der Waals surface area contributed by atoms with Crippen LogP contribution < -0.4 is 10.5 Å². The molecule has 1 heterocycles. The zero-order valence-corrected chi connectivity index (χ0v) is 14.9. The molecular weight excluding hydrogens is 381 g/mol. The van der Waals surface area contributed by atoms with E-state index in [9.17, 15) is 0 Å². The van der Waals surface area contributed by atoms with Gasteiger partial charge in [0.15, 0.2) is 5.96 Å². The van der Waals surface area contributed by atoms with Crippen molar-refractivity contribution in [3.8, 4) is 5.75 Å². The highest BCUT2D eigenvalue weighted by Crippen LogP contribution is 2.17. The molecule has 1 fully saturated rings. The van der Waals surface area contributed by atoms with Gasteiger partial charge in [-0.25, -0.2) is 4.99 Å². The summed E-state index contributed by atoms with van der Waals surface area (Å²) in [7, 11) is 0. The zero-order valence-electron chi connectivity index (χ0n) is 12.6. The van der Waals surface area contributed by atoms with E-state index in [1.807, 2.05) is 43.0 Å². The number of hydrogen-bond donors (Lipinski definition) is 1. The Morgan fingerprint density at radius 3 is 2.71 bits per heavy atom. The average Bonchev–Trinajstić information content (AvgIpc) is 2.48. The molecule has 0 amide bonds. The lowest BCUT2D eigenvalue weighted by molar-refractivity contribution is 0.0673. The summed E-state index contributed by atoms with van der Waals surface area (Å²) in [5.74, 6) is 1.48. The van der Waals surface area contributed by atoms with Gasteiger partial charge in [0, 0.05) is 13.1 Å². The molecule has 1 aliphatic heterocycles. The van der Waals surface area contributed by atoms with Crippen LogP contribution in [0.1, 0.15) is 12.5 Å². The van der Waals surface area contributed by atoms with Crippen molar-refractivity contribution in [2.75, 3.05) is 32.8 Å². The summed E-state index contributed by atoms with van der Waals surface area (Å²) in [5.41, 5.74) is 7.11. The molecule has 2 N–H and O–H groups in total. The van der Waals surface area contributed by atoms with Crippen molar-refractivity contribution in [1.29, 1.82) is 0 Å². The minimum Gasteiger partial charge on any atom is -0.489 e. The molecule has 0 aliphatic carbocycles. The van der Waals surface area contributed by atoms with Crippen LogP contribution in [0.3, 0.4) is 0 Å². The van der Waals surface area contributed by atoms with E-state index in [0.717, 1.165) is 24.4 Å². The lowest BCUT2D eigenvalue weighted by Gasteiger charge is -2.27. The van der Waals surface area contributed by atoms with E-state index in [2.05, 4.69) is 4.99 Å². The molecule has 0 radical (unpaired) electrons. The minimum absolute atomic E-state index is 0. The molecule has 0 bridgehead atoms. The van der Waals surface area contributed by atoms with Crippen LogP contribution in [0.2, 0.25) is 0 Å². The largest absolute Gasteiger partial charge is 0.489 e. The lowest BCUT2D eigenvalue weighted by Crippen LogP contribution is -2.45. The van der Waals surface area contributed by atoms with Gasteiger partial charge in [-0.1, -0.05) is 18.2 Å². The smallest absolute Gasteiger partial charge is 0.191 e. The van der Waals surface area contributed by atoms with Crippen LogP contribution in [0.5, 0.6) is 5.75 Å².